The van der Waals surface area contributed by atoms with Gasteiger partial charge in [-0.2, -0.15) is 0 Å². The molecular weight excluding hydrogens is 132 g/mol. The fourth-order valence-corrected chi connectivity index (χ4v) is 2.61. The molecule has 2 aliphatic carbocycles. The molecule has 0 amide bonds. The summed E-state index contributed by atoms with van der Waals surface area (Å²) in [6, 6.07) is 0. The van der Waals surface area contributed by atoms with E-state index < -0.39 is 0 Å². The maximum atomic E-state index is 2.35. The monoisotopic (exact) mass is 148 g/mol. The van der Waals surface area contributed by atoms with E-state index in [-0.39, 0.29) is 0 Å². The Morgan fingerprint density at radius 1 is 1.09 bits per heavy atom. The van der Waals surface area contributed by atoms with Crippen LogP contribution in [0.2, 0.25) is 0 Å². The van der Waals surface area contributed by atoms with Crippen molar-refractivity contribution in [3.8, 4) is 0 Å². The van der Waals surface area contributed by atoms with E-state index in [1.165, 1.54) is 6.42 Å². The lowest BCUT2D eigenvalue weighted by atomic mass is 9.69. The zero-order valence-corrected chi connectivity index (χ0v) is 7.86. The Labute approximate surface area is 69.0 Å². The molecular formula is C11H16. The molecule has 1 fully saturated rings. The van der Waals surface area contributed by atoms with Gasteiger partial charge in [-0.1, -0.05) is 18.1 Å². The van der Waals surface area contributed by atoms with Gasteiger partial charge in [-0.15, -0.1) is 0 Å². The molecule has 1 saturated carbocycles. The minimum atomic E-state index is 0.852. The minimum Gasteiger partial charge on any atom is -0.0629 e. The maximum Gasteiger partial charge on any atom is 0.00241 e. The number of hydrogen-bond donors (Lipinski definition) is 0. The first-order valence-electron chi connectivity index (χ1n) is 4.51. The third kappa shape index (κ3) is 0.702. The molecule has 0 aromatic carbocycles. The summed E-state index contributed by atoms with van der Waals surface area (Å²) >= 11 is 0. The van der Waals surface area contributed by atoms with Gasteiger partial charge in [0.05, 0.1) is 0 Å². The van der Waals surface area contributed by atoms with E-state index in [1.807, 2.05) is 0 Å². The molecule has 0 heterocycles. The summed E-state index contributed by atoms with van der Waals surface area (Å²) in [5.41, 5.74) is 6.52. The van der Waals surface area contributed by atoms with Crippen molar-refractivity contribution in [2.24, 2.45) is 11.8 Å². The lowest BCUT2D eigenvalue weighted by molar-refractivity contribution is 0.384. The number of allylic oxidation sites excluding steroid dienone is 4. The number of hydrogen-bond acceptors (Lipinski definition) is 0. The van der Waals surface area contributed by atoms with E-state index >= 15 is 0 Å². The van der Waals surface area contributed by atoms with Crippen LogP contribution in [0.15, 0.2) is 22.3 Å². The summed E-state index contributed by atoms with van der Waals surface area (Å²) < 4.78 is 0. The Hall–Kier alpha value is -0.520. The average Bonchev–Trinajstić information content (AvgIpc) is 2.10. The van der Waals surface area contributed by atoms with Crippen LogP contribution < -0.4 is 0 Å². The molecule has 0 N–H and O–H groups in total. The fraction of sp³-hybridized carbons (Fsp3) is 0.636. The van der Waals surface area contributed by atoms with Crippen molar-refractivity contribution in [2.75, 3.05) is 0 Å². The molecule has 60 valence electrons. The molecule has 2 aliphatic rings. The van der Waals surface area contributed by atoms with Crippen molar-refractivity contribution in [3.05, 3.63) is 22.3 Å². The van der Waals surface area contributed by atoms with Crippen LogP contribution in [0.1, 0.15) is 34.1 Å². The Morgan fingerprint density at radius 3 is 2.09 bits per heavy atom. The lowest BCUT2D eigenvalue weighted by Crippen LogP contribution is -2.24. The SMILES string of the molecule is CC1=C(C)C2CC(C)C2=C1C. The van der Waals surface area contributed by atoms with Gasteiger partial charge in [-0.05, 0) is 44.3 Å². The van der Waals surface area contributed by atoms with E-state index in [4.69, 9.17) is 0 Å². The molecule has 2 atom stereocenters. The zero-order chi connectivity index (χ0) is 8.17. The van der Waals surface area contributed by atoms with Gasteiger partial charge in [0, 0.05) is 5.92 Å². The van der Waals surface area contributed by atoms with Gasteiger partial charge < -0.3 is 0 Å². The minimum absolute atomic E-state index is 0.852. The summed E-state index contributed by atoms with van der Waals surface area (Å²) in [7, 11) is 0. The molecule has 11 heavy (non-hydrogen) atoms. The van der Waals surface area contributed by atoms with Crippen molar-refractivity contribution in [3.63, 3.8) is 0 Å². The van der Waals surface area contributed by atoms with Gasteiger partial charge in [-0.25, -0.2) is 0 Å². The van der Waals surface area contributed by atoms with Gasteiger partial charge in [0.15, 0.2) is 0 Å². The first-order chi connectivity index (χ1) is 5.13. The van der Waals surface area contributed by atoms with Crippen LogP contribution in [0.4, 0.5) is 0 Å². The van der Waals surface area contributed by atoms with Crippen LogP contribution in [0.25, 0.3) is 0 Å². The van der Waals surface area contributed by atoms with Gasteiger partial charge in [0.1, 0.15) is 0 Å². The highest BCUT2D eigenvalue weighted by Crippen LogP contribution is 2.52. The maximum absolute atomic E-state index is 2.35. The molecule has 0 aromatic rings. The second-order valence-corrected chi connectivity index (χ2v) is 4.08. The predicted molar refractivity (Wildman–Crippen MR) is 48.3 cm³/mol. The summed E-state index contributed by atoms with van der Waals surface area (Å²) in [6.07, 6.45) is 1.40. The second kappa shape index (κ2) is 2.00. The normalized spacial score (nSPS) is 36.0. The quantitative estimate of drug-likeness (QED) is 0.494. The molecule has 0 aliphatic heterocycles. The third-order valence-corrected chi connectivity index (χ3v) is 3.61. The van der Waals surface area contributed by atoms with Crippen molar-refractivity contribution >= 4 is 0 Å². The number of fused-ring (bicyclic) bond motifs is 1. The Balaban J connectivity index is 2.43. The Kier molecular flexibility index (Phi) is 1.30. The van der Waals surface area contributed by atoms with E-state index in [9.17, 15) is 0 Å². The van der Waals surface area contributed by atoms with E-state index in [0.29, 0.717) is 0 Å². The van der Waals surface area contributed by atoms with E-state index in [1.54, 1.807) is 22.3 Å². The molecule has 0 bridgehead atoms. The summed E-state index contributed by atoms with van der Waals surface area (Å²) in [4.78, 5) is 0. The zero-order valence-electron chi connectivity index (χ0n) is 7.86. The second-order valence-electron chi connectivity index (χ2n) is 4.08. The first kappa shape index (κ1) is 7.15. The van der Waals surface area contributed by atoms with Crippen LogP contribution in [0.3, 0.4) is 0 Å². The van der Waals surface area contributed by atoms with Gasteiger partial charge in [-0.3, -0.25) is 0 Å². The van der Waals surface area contributed by atoms with Crippen LogP contribution in [-0.2, 0) is 0 Å². The van der Waals surface area contributed by atoms with Crippen LogP contribution in [0, 0.1) is 11.8 Å². The molecule has 0 heteroatoms. The topological polar surface area (TPSA) is 0 Å². The Bertz CT molecular complexity index is 266. The average molecular weight is 148 g/mol. The third-order valence-electron chi connectivity index (χ3n) is 3.61. The van der Waals surface area contributed by atoms with Crippen molar-refractivity contribution in [1.82, 2.24) is 0 Å². The van der Waals surface area contributed by atoms with Crippen molar-refractivity contribution in [1.29, 1.82) is 0 Å². The molecule has 0 nitrogen and oxygen atoms in total. The van der Waals surface area contributed by atoms with E-state index in [2.05, 4.69) is 27.7 Å². The largest absolute Gasteiger partial charge is 0.0629 e. The predicted octanol–water partition coefficient (Wildman–Crippen LogP) is 3.31. The number of rotatable bonds is 0. The molecule has 0 radical (unpaired) electrons. The lowest BCUT2D eigenvalue weighted by Gasteiger charge is -2.35. The highest BCUT2D eigenvalue weighted by Gasteiger charge is 2.39. The molecule has 0 saturated heterocycles. The molecule has 2 unspecified atom stereocenters. The first-order valence-corrected chi connectivity index (χ1v) is 4.51. The summed E-state index contributed by atoms with van der Waals surface area (Å²) in [5.74, 6) is 1.72. The highest BCUT2D eigenvalue weighted by molar-refractivity contribution is 5.51. The van der Waals surface area contributed by atoms with Crippen LogP contribution in [-0.4, -0.2) is 0 Å². The van der Waals surface area contributed by atoms with Crippen molar-refractivity contribution < 1.29 is 0 Å². The van der Waals surface area contributed by atoms with E-state index in [0.717, 1.165) is 11.8 Å². The standard InChI is InChI=1S/C11H16/c1-6-5-10-8(3)7(2)9(4)11(6)10/h6,10H,5H2,1-4H3. The summed E-state index contributed by atoms with van der Waals surface area (Å²) in [6.45, 7) is 9.19. The van der Waals surface area contributed by atoms with Crippen LogP contribution in [0.5, 0.6) is 0 Å². The summed E-state index contributed by atoms with van der Waals surface area (Å²) in [5, 5.41) is 0. The van der Waals surface area contributed by atoms with Crippen LogP contribution >= 0.6 is 0 Å². The Morgan fingerprint density at radius 2 is 1.73 bits per heavy atom. The fourth-order valence-electron chi connectivity index (χ4n) is 2.61. The smallest absolute Gasteiger partial charge is 0.00241 e. The highest BCUT2D eigenvalue weighted by atomic mass is 14.4. The van der Waals surface area contributed by atoms with Gasteiger partial charge >= 0.3 is 0 Å². The van der Waals surface area contributed by atoms with Gasteiger partial charge in [0.2, 0.25) is 0 Å². The molecule has 0 aromatic heterocycles. The molecule has 0 spiro atoms. The van der Waals surface area contributed by atoms with Gasteiger partial charge in [0.25, 0.3) is 0 Å². The molecule has 2 rings (SSSR count). The van der Waals surface area contributed by atoms with Crippen molar-refractivity contribution in [2.45, 2.75) is 34.1 Å².